The van der Waals surface area contributed by atoms with Crippen molar-refractivity contribution in [3.8, 4) is 0 Å². The van der Waals surface area contributed by atoms with Gasteiger partial charge in [0, 0.05) is 37.3 Å². The Morgan fingerprint density at radius 3 is 3.12 bits per heavy atom. The van der Waals surface area contributed by atoms with Crippen LogP contribution in [0.15, 0.2) is 6.20 Å². The van der Waals surface area contributed by atoms with Crippen LogP contribution < -0.4 is 10.6 Å². The molecular weight excluding hydrogens is 222 g/mol. The van der Waals surface area contributed by atoms with Gasteiger partial charge in [-0.3, -0.25) is 0 Å². The number of hydrogen-bond acceptors (Lipinski definition) is 5. The van der Waals surface area contributed by atoms with Crippen LogP contribution in [0, 0.1) is 0 Å². The van der Waals surface area contributed by atoms with Gasteiger partial charge in [0.2, 0.25) is 0 Å². The quantitative estimate of drug-likeness (QED) is 0.851. The minimum Gasteiger partial charge on any atom is -0.376 e. The summed E-state index contributed by atoms with van der Waals surface area (Å²) in [6.07, 6.45) is 4.61. The molecule has 0 aliphatic carbocycles. The number of hydrogen-bond donors (Lipinski definition) is 1. The molecule has 0 spiro atoms. The fourth-order valence-electron chi connectivity index (χ4n) is 1.91. The molecule has 0 radical (unpaired) electrons. The molecule has 1 aliphatic rings. The van der Waals surface area contributed by atoms with Crippen molar-refractivity contribution in [1.29, 1.82) is 0 Å². The van der Waals surface area contributed by atoms with Crippen LogP contribution >= 0.6 is 11.3 Å². The third-order valence-corrected chi connectivity index (χ3v) is 3.92. The van der Waals surface area contributed by atoms with Crippen LogP contribution in [-0.4, -0.2) is 30.8 Å². The smallest absolute Gasteiger partial charge is 0.185 e. The molecule has 2 N–H and O–H groups in total. The van der Waals surface area contributed by atoms with E-state index in [2.05, 4.69) is 16.8 Å². The van der Waals surface area contributed by atoms with E-state index in [-0.39, 0.29) is 0 Å². The molecule has 0 aromatic carbocycles. The highest BCUT2D eigenvalue weighted by Crippen LogP contribution is 2.24. The topological polar surface area (TPSA) is 51.4 Å². The van der Waals surface area contributed by atoms with Gasteiger partial charge in [-0.05, 0) is 19.8 Å². The molecule has 0 saturated carbocycles. The van der Waals surface area contributed by atoms with Gasteiger partial charge in [0.05, 0.1) is 6.10 Å². The summed E-state index contributed by atoms with van der Waals surface area (Å²) in [7, 11) is 0. The van der Waals surface area contributed by atoms with Gasteiger partial charge in [0.25, 0.3) is 0 Å². The normalized spacial score (nSPS) is 20.2. The van der Waals surface area contributed by atoms with Crippen LogP contribution in [0.1, 0.15) is 24.6 Å². The molecule has 1 unspecified atom stereocenters. The molecular formula is C11H19N3OS. The van der Waals surface area contributed by atoms with E-state index in [0.29, 0.717) is 12.6 Å². The van der Waals surface area contributed by atoms with E-state index in [4.69, 9.17) is 10.5 Å². The molecule has 1 aromatic heterocycles. The Morgan fingerprint density at radius 2 is 2.56 bits per heavy atom. The number of nitrogens with two attached hydrogens (primary N) is 1. The molecule has 0 bridgehead atoms. The predicted molar refractivity (Wildman–Crippen MR) is 66.9 cm³/mol. The lowest BCUT2D eigenvalue weighted by atomic mass is 10.2. The number of anilines is 1. The zero-order chi connectivity index (χ0) is 11.4. The summed E-state index contributed by atoms with van der Waals surface area (Å²) in [5.41, 5.74) is 5.60. The van der Waals surface area contributed by atoms with Crippen LogP contribution in [0.3, 0.4) is 0 Å². The monoisotopic (exact) mass is 241 g/mol. The number of rotatable bonds is 5. The van der Waals surface area contributed by atoms with Crippen molar-refractivity contribution in [1.82, 2.24) is 4.98 Å². The Balaban J connectivity index is 1.97. The van der Waals surface area contributed by atoms with Crippen molar-refractivity contribution in [2.45, 2.75) is 32.4 Å². The maximum absolute atomic E-state index is 5.65. The summed E-state index contributed by atoms with van der Waals surface area (Å²) in [5, 5.41) is 1.07. The third kappa shape index (κ3) is 2.72. The lowest BCUT2D eigenvalue weighted by molar-refractivity contribution is 0.115. The highest BCUT2D eigenvalue weighted by Gasteiger charge is 2.20. The summed E-state index contributed by atoms with van der Waals surface area (Å²) >= 11 is 1.68. The van der Waals surface area contributed by atoms with Gasteiger partial charge in [-0.25, -0.2) is 4.98 Å². The summed E-state index contributed by atoms with van der Waals surface area (Å²) in [4.78, 5) is 7.83. The van der Waals surface area contributed by atoms with Gasteiger partial charge in [-0.2, -0.15) is 0 Å². The zero-order valence-corrected chi connectivity index (χ0v) is 10.5. The predicted octanol–water partition coefficient (Wildman–Crippen LogP) is 1.61. The molecule has 0 amide bonds. The second-order valence-electron chi connectivity index (χ2n) is 3.99. The highest BCUT2D eigenvalue weighted by molar-refractivity contribution is 7.15. The fraction of sp³-hybridized carbons (Fsp3) is 0.727. The van der Waals surface area contributed by atoms with E-state index in [0.717, 1.165) is 29.7 Å². The lowest BCUT2D eigenvalue weighted by Gasteiger charge is -2.23. The molecule has 16 heavy (non-hydrogen) atoms. The Morgan fingerprint density at radius 1 is 1.69 bits per heavy atom. The molecule has 1 atom stereocenters. The molecule has 1 aromatic rings. The van der Waals surface area contributed by atoms with Crippen LogP contribution in [0.5, 0.6) is 0 Å². The fourth-order valence-corrected chi connectivity index (χ4v) is 2.78. The van der Waals surface area contributed by atoms with Gasteiger partial charge in [-0.1, -0.05) is 0 Å². The third-order valence-electron chi connectivity index (χ3n) is 2.84. The van der Waals surface area contributed by atoms with Gasteiger partial charge in [0.1, 0.15) is 0 Å². The van der Waals surface area contributed by atoms with Crippen molar-refractivity contribution in [2.75, 3.05) is 24.6 Å². The number of nitrogens with zero attached hydrogens (tertiary/aromatic N) is 2. The van der Waals surface area contributed by atoms with Gasteiger partial charge >= 0.3 is 0 Å². The number of ether oxygens (including phenoxy) is 1. The lowest BCUT2D eigenvalue weighted by Crippen LogP contribution is -2.31. The first-order valence-electron chi connectivity index (χ1n) is 5.84. The second-order valence-corrected chi connectivity index (χ2v) is 5.08. The Labute approximate surface area is 100 Å². The van der Waals surface area contributed by atoms with E-state index < -0.39 is 0 Å². The first kappa shape index (κ1) is 11.8. The van der Waals surface area contributed by atoms with Gasteiger partial charge < -0.3 is 15.4 Å². The van der Waals surface area contributed by atoms with Crippen molar-refractivity contribution in [3.05, 3.63) is 11.1 Å². The molecule has 2 rings (SSSR count). The summed E-state index contributed by atoms with van der Waals surface area (Å²) in [6, 6.07) is 0. The Hall–Kier alpha value is -0.650. The Kier molecular flexibility index (Phi) is 4.15. The summed E-state index contributed by atoms with van der Waals surface area (Å²) in [5.74, 6) is 0. The molecule has 1 saturated heterocycles. The van der Waals surface area contributed by atoms with E-state index >= 15 is 0 Å². The van der Waals surface area contributed by atoms with Crippen molar-refractivity contribution >= 4 is 16.5 Å². The van der Waals surface area contributed by atoms with E-state index in [9.17, 15) is 0 Å². The molecule has 90 valence electrons. The average molecular weight is 241 g/mol. The molecule has 5 heteroatoms. The SMILES string of the molecule is CCN(CC1CCCO1)c1ncc(CN)s1. The second kappa shape index (κ2) is 5.61. The Bertz CT molecular complexity index is 323. The number of likely N-dealkylation sites (N-methyl/N-ethyl adjacent to an activating group) is 1. The zero-order valence-electron chi connectivity index (χ0n) is 9.69. The maximum Gasteiger partial charge on any atom is 0.185 e. The van der Waals surface area contributed by atoms with E-state index in [1.165, 1.54) is 12.8 Å². The van der Waals surface area contributed by atoms with Crippen LogP contribution in [0.2, 0.25) is 0 Å². The standard InChI is InChI=1S/C11H19N3OS/c1-2-14(8-9-4-3-5-15-9)11-13-7-10(6-12)16-11/h7,9H,2-6,8,12H2,1H3. The van der Waals surface area contributed by atoms with Crippen LogP contribution in [-0.2, 0) is 11.3 Å². The first-order chi connectivity index (χ1) is 7.83. The molecule has 1 aliphatic heterocycles. The van der Waals surface area contributed by atoms with Crippen LogP contribution in [0.25, 0.3) is 0 Å². The number of aromatic nitrogens is 1. The molecule has 2 heterocycles. The van der Waals surface area contributed by atoms with Gasteiger partial charge in [-0.15, -0.1) is 11.3 Å². The number of thiazole rings is 1. The first-order valence-corrected chi connectivity index (χ1v) is 6.66. The van der Waals surface area contributed by atoms with Gasteiger partial charge in [0.15, 0.2) is 5.13 Å². The minimum atomic E-state index is 0.380. The average Bonchev–Trinajstić information content (AvgIpc) is 2.96. The molecule has 4 nitrogen and oxygen atoms in total. The minimum absolute atomic E-state index is 0.380. The van der Waals surface area contributed by atoms with Crippen molar-refractivity contribution < 1.29 is 4.74 Å². The molecule has 1 fully saturated rings. The summed E-state index contributed by atoms with van der Waals surface area (Å²) < 4.78 is 5.65. The van der Waals surface area contributed by atoms with E-state index in [1.807, 2.05) is 6.20 Å². The van der Waals surface area contributed by atoms with E-state index in [1.54, 1.807) is 11.3 Å². The van der Waals surface area contributed by atoms with Crippen LogP contribution in [0.4, 0.5) is 5.13 Å². The van der Waals surface area contributed by atoms with Crippen molar-refractivity contribution in [2.24, 2.45) is 5.73 Å². The largest absolute Gasteiger partial charge is 0.376 e. The maximum atomic E-state index is 5.65. The highest BCUT2D eigenvalue weighted by atomic mass is 32.1. The summed E-state index contributed by atoms with van der Waals surface area (Å²) in [6.45, 7) is 5.56. The van der Waals surface area contributed by atoms with Crippen molar-refractivity contribution in [3.63, 3.8) is 0 Å².